The van der Waals surface area contributed by atoms with Crippen molar-refractivity contribution in [2.75, 3.05) is 0 Å². The van der Waals surface area contributed by atoms with Gasteiger partial charge in [0, 0.05) is 10.0 Å². The molecule has 0 aliphatic carbocycles. The highest BCUT2D eigenvalue weighted by molar-refractivity contribution is 9.10. The number of hydrogen-bond acceptors (Lipinski definition) is 2. The predicted molar refractivity (Wildman–Crippen MR) is 53.3 cm³/mol. The molecule has 0 radical (unpaired) electrons. The summed E-state index contributed by atoms with van der Waals surface area (Å²) in [5.41, 5.74) is 0.504. The Morgan fingerprint density at radius 1 is 1.50 bits per heavy atom. The van der Waals surface area contributed by atoms with Gasteiger partial charge in [-0.1, -0.05) is 44.3 Å². The minimum absolute atomic E-state index is 0.0208. The van der Waals surface area contributed by atoms with Crippen LogP contribution in [0.1, 0.15) is 5.56 Å². The highest BCUT2D eigenvalue weighted by Gasteiger charge is 2.05. The van der Waals surface area contributed by atoms with Crippen molar-refractivity contribution in [1.29, 1.82) is 0 Å². The van der Waals surface area contributed by atoms with Gasteiger partial charge in [0.05, 0.1) is 5.02 Å². The Hall–Kier alpha value is -0.250. The molecule has 64 valence electrons. The molecule has 1 rings (SSSR count). The summed E-state index contributed by atoms with van der Waals surface area (Å²) in [6.07, 6.45) is 0. The molecule has 0 saturated heterocycles. The topological polar surface area (TPSA) is 32.6 Å². The van der Waals surface area contributed by atoms with Crippen LogP contribution >= 0.6 is 39.1 Å². The molecular formula is C7H4BrCl2NO. The van der Waals surface area contributed by atoms with Gasteiger partial charge in [0.2, 0.25) is 0 Å². The van der Waals surface area contributed by atoms with E-state index in [1.54, 1.807) is 18.2 Å². The van der Waals surface area contributed by atoms with Gasteiger partial charge in [-0.05, 0) is 18.2 Å². The van der Waals surface area contributed by atoms with E-state index in [9.17, 15) is 0 Å². The summed E-state index contributed by atoms with van der Waals surface area (Å²) in [6, 6.07) is 5.09. The molecule has 1 aromatic rings. The van der Waals surface area contributed by atoms with Crippen LogP contribution in [0.5, 0.6) is 0 Å². The van der Waals surface area contributed by atoms with Crippen LogP contribution in [0.25, 0.3) is 0 Å². The van der Waals surface area contributed by atoms with Crippen LogP contribution < -0.4 is 0 Å². The quantitative estimate of drug-likeness (QED) is 0.472. The Morgan fingerprint density at radius 2 is 2.17 bits per heavy atom. The first-order valence-corrected chi connectivity index (χ1v) is 4.53. The van der Waals surface area contributed by atoms with E-state index in [1.807, 2.05) is 0 Å². The third-order valence-corrected chi connectivity index (χ3v) is 2.33. The Balaban J connectivity index is 3.18. The summed E-state index contributed by atoms with van der Waals surface area (Å²) in [5, 5.41) is 11.6. The third-order valence-electron chi connectivity index (χ3n) is 1.24. The second kappa shape index (κ2) is 4.12. The first kappa shape index (κ1) is 9.84. The third kappa shape index (κ3) is 2.12. The van der Waals surface area contributed by atoms with E-state index in [2.05, 4.69) is 21.1 Å². The van der Waals surface area contributed by atoms with Gasteiger partial charge in [-0.15, -0.1) is 0 Å². The molecule has 0 aromatic heterocycles. The largest absolute Gasteiger partial charge is 0.410 e. The van der Waals surface area contributed by atoms with Gasteiger partial charge >= 0.3 is 0 Å². The maximum atomic E-state index is 8.37. The molecule has 0 bridgehead atoms. The van der Waals surface area contributed by atoms with Gasteiger partial charge in [-0.3, -0.25) is 0 Å². The summed E-state index contributed by atoms with van der Waals surface area (Å²) in [5.74, 6) is 0. The molecule has 0 spiro atoms. The van der Waals surface area contributed by atoms with Crippen molar-refractivity contribution >= 4 is 44.3 Å². The fraction of sp³-hybridized carbons (Fsp3) is 0. The molecule has 0 aliphatic heterocycles. The molecule has 12 heavy (non-hydrogen) atoms. The smallest absolute Gasteiger partial charge is 0.176 e. The van der Waals surface area contributed by atoms with Crippen LogP contribution in [0.2, 0.25) is 5.02 Å². The van der Waals surface area contributed by atoms with Gasteiger partial charge in [0.25, 0.3) is 0 Å². The first-order valence-electron chi connectivity index (χ1n) is 2.98. The van der Waals surface area contributed by atoms with Gasteiger partial charge in [0.1, 0.15) is 0 Å². The number of hydrogen-bond donors (Lipinski definition) is 1. The molecule has 1 aromatic carbocycles. The average molecular weight is 269 g/mol. The molecule has 0 heterocycles. The van der Waals surface area contributed by atoms with Crippen molar-refractivity contribution in [1.82, 2.24) is 0 Å². The Bertz CT molecular complexity index is 327. The molecule has 0 amide bonds. The van der Waals surface area contributed by atoms with Crippen LogP contribution in [0.4, 0.5) is 0 Å². The minimum Gasteiger partial charge on any atom is -0.410 e. The van der Waals surface area contributed by atoms with E-state index in [-0.39, 0.29) is 5.17 Å². The van der Waals surface area contributed by atoms with Crippen LogP contribution in [-0.2, 0) is 0 Å². The van der Waals surface area contributed by atoms with Crippen LogP contribution in [-0.4, -0.2) is 10.4 Å². The lowest BCUT2D eigenvalue weighted by Crippen LogP contribution is -1.91. The number of nitrogens with zero attached hydrogens (tertiary/aromatic N) is 1. The lowest BCUT2D eigenvalue weighted by molar-refractivity contribution is 0.321. The zero-order valence-corrected chi connectivity index (χ0v) is 8.86. The summed E-state index contributed by atoms with van der Waals surface area (Å²) < 4.78 is 0.846. The second-order valence-corrected chi connectivity index (χ2v) is 3.70. The molecule has 1 N–H and O–H groups in total. The lowest BCUT2D eigenvalue weighted by atomic mass is 10.2. The normalized spacial score (nSPS) is 11.8. The van der Waals surface area contributed by atoms with Crippen molar-refractivity contribution in [2.45, 2.75) is 0 Å². The van der Waals surface area contributed by atoms with Gasteiger partial charge in [-0.25, -0.2) is 0 Å². The zero-order valence-electron chi connectivity index (χ0n) is 5.76. The molecule has 0 saturated carbocycles. The molecule has 0 aliphatic rings. The SMILES string of the molecule is O/N=C(/Cl)c1ccc(Br)cc1Cl. The van der Waals surface area contributed by atoms with Crippen molar-refractivity contribution < 1.29 is 5.21 Å². The molecule has 0 unspecified atom stereocenters. The fourth-order valence-electron chi connectivity index (χ4n) is 0.711. The second-order valence-electron chi connectivity index (χ2n) is 2.01. The number of rotatable bonds is 1. The summed E-state index contributed by atoms with van der Waals surface area (Å²) >= 11 is 14.6. The fourth-order valence-corrected chi connectivity index (χ4v) is 1.69. The highest BCUT2D eigenvalue weighted by atomic mass is 79.9. The first-order chi connectivity index (χ1) is 5.65. The van der Waals surface area contributed by atoms with Crippen molar-refractivity contribution in [3.63, 3.8) is 0 Å². The molecule has 0 atom stereocenters. The van der Waals surface area contributed by atoms with E-state index in [4.69, 9.17) is 28.4 Å². The van der Waals surface area contributed by atoms with Crippen LogP contribution in [0, 0.1) is 0 Å². The number of benzene rings is 1. The standard InChI is InChI=1S/C7H4BrCl2NO/c8-4-1-2-5(6(9)3-4)7(10)11-12/h1-3,12H/b11-7+. The average Bonchev–Trinajstić information content (AvgIpc) is 2.03. The monoisotopic (exact) mass is 267 g/mol. The summed E-state index contributed by atoms with van der Waals surface area (Å²) in [4.78, 5) is 0. The summed E-state index contributed by atoms with van der Waals surface area (Å²) in [7, 11) is 0. The van der Waals surface area contributed by atoms with E-state index >= 15 is 0 Å². The van der Waals surface area contributed by atoms with Crippen LogP contribution in [0.3, 0.4) is 0 Å². The molecular weight excluding hydrogens is 265 g/mol. The highest BCUT2D eigenvalue weighted by Crippen LogP contribution is 2.22. The van der Waals surface area contributed by atoms with Crippen molar-refractivity contribution in [3.05, 3.63) is 33.3 Å². The summed E-state index contributed by atoms with van der Waals surface area (Å²) in [6.45, 7) is 0. The van der Waals surface area contributed by atoms with Gasteiger partial charge < -0.3 is 5.21 Å². The molecule has 0 fully saturated rings. The van der Waals surface area contributed by atoms with Crippen LogP contribution in [0.15, 0.2) is 27.8 Å². The molecule has 2 nitrogen and oxygen atoms in total. The van der Waals surface area contributed by atoms with Crippen molar-refractivity contribution in [3.8, 4) is 0 Å². The van der Waals surface area contributed by atoms with E-state index in [0.29, 0.717) is 10.6 Å². The number of halogens is 3. The Labute approximate surface area is 87.9 Å². The van der Waals surface area contributed by atoms with Gasteiger partial charge in [0.15, 0.2) is 5.17 Å². The lowest BCUT2D eigenvalue weighted by Gasteiger charge is -1.99. The maximum Gasteiger partial charge on any atom is 0.176 e. The predicted octanol–water partition coefficient (Wildman–Crippen LogP) is 3.48. The van der Waals surface area contributed by atoms with Gasteiger partial charge in [-0.2, -0.15) is 0 Å². The van der Waals surface area contributed by atoms with Crippen molar-refractivity contribution in [2.24, 2.45) is 5.16 Å². The number of oxime groups is 1. The maximum absolute atomic E-state index is 8.37. The van der Waals surface area contributed by atoms with E-state index < -0.39 is 0 Å². The zero-order chi connectivity index (χ0) is 9.14. The van der Waals surface area contributed by atoms with E-state index in [1.165, 1.54) is 0 Å². The van der Waals surface area contributed by atoms with E-state index in [0.717, 1.165) is 4.47 Å². The Morgan fingerprint density at radius 3 is 2.67 bits per heavy atom. The Kier molecular flexibility index (Phi) is 3.38. The minimum atomic E-state index is -0.0208. The molecule has 5 heteroatoms.